The zero-order chi connectivity index (χ0) is 15.7. The molecule has 21 heavy (non-hydrogen) atoms. The number of sulfone groups is 1. The van der Waals surface area contributed by atoms with Gasteiger partial charge in [-0.15, -0.1) is 0 Å². The van der Waals surface area contributed by atoms with Gasteiger partial charge >= 0.3 is 0 Å². The van der Waals surface area contributed by atoms with E-state index in [2.05, 4.69) is 0 Å². The second-order valence-corrected chi connectivity index (χ2v) is 8.00. The monoisotopic (exact) mass is 311 g/mol. The molecule has 0 bridgehead atoms. The molecule has 6 heteroatoms. The molecule has 0 unspecified atom stereocenters. The van der Waals surface area contributed by atoms with E-state index in [9.17, 15) is 18.3 Å². The third kappa shape index (κ3) is 3.44. The summed E-state index contributed by atoms with van der Waals surface area (Å²) in [6.45, 7) is 4.38. The van der Waals surface area contributed by atoms with Crippen molar-refractivity contribution in [3.05, 3.63) is 30.3 Å². The summed E-state index contributed by atoms with van der Waals surface area (Å²) < 4.78 is 24.2. The van der Waals surface area contributed by atoms with Crippen LogP contribution in [0, 0.1) is 5.92 Å². The Balaban J connectivity index is 1.89. The van der Waals surface area contributed by atoms with Crippen LogP contribution in [0.15, 0.2) is 35.2 Å². The van der Waals surface area contributed by atoms with Gasteiger partial charge in [0.25, 0.3) is 0 Å². The molecule has 0 atom stereocenters. The largest absolute Gasteiger partial charge is 0.386 e. The lowest BCUT2D eigenvalue weighted by atomic mass is 9.83. The van der Waals surface area contributed by atoms with E-state index in [1.165, 1.54) is 17.0 Å². The number of nitrogens with zero attached hydrogens (tertiary/aromatic N) is 1. The van der Waals surface area contributed by atoms with Gasteiger partial charge in [0.15, 0.2) is 9.84 Å². The Bertz CT molecular complexity index is 604. The molecule has 1 amide bonds. The number of likely N-dealkylation sites (tertiary alicyclic amines) is 1. The number of amides is 1. The van der Waals surface area contributed by atoms with Crippen LogP contribution in [0.2, 0.25) is 0 Å². The number of aliphatic hydroxyl groups is 1. The topological polar surface area (TPSA) is 74.7 Å². The van der Waals surface area contributed by atoms with Gasteiger partial charge in [-0.2, -0.15) is 0 Å². The summed E-state index contributed by atoms with van der Waals surface area (Å²) in [5.41, 5.74) is -0.825. The summed E-state index contributed by atoms with van der Waals surface area (Å²) in [6, 6.07) is 8.12. The third-order valence-electron chi connectivity index (χ3n) is 4.04. The van der Waals surface area contributed by atoms with E-state index in [1.807, 2.05) is 13.8 Å². The van der Waals surface area contributed by atoms with Crippen LogP contribution in [-0.4, -0.2) is 48.8 Å². The zero-order valence-electron chi connectivity index (χ0n) is 12.3. The van der Waals surface area contributed by atoms with Gasteiger partial charge in [0.2, 0.25) is 5.91 Å². The Hall–Kier alpha value is -1.40. The highest BCUT2D eigenvalue weighted by Crippen LogP contribution is 2.29. The van der Waals surface area contributed by atoms with Crippen molar-refractivity contribution in [3.63, 3.8) is 0 Å². The molecule has 1 saturated heterocycles. The molecule has 1 aromatic carbocycles. The second kappa shape index (κ2) is 5.77. The highest BCUT2D eigenvalue weighted by molar-refractivity contribution is 7.91. The third-order valence-corrected chi connectivity index (χ3v) is 5.78. The van der Waals surface area contributed by atoms with E-state index >= 15 is 0 Å². The molecule has 1 heterocycles. The number of carbonyl (C=O) groups is 1. The van der Waals surface area contributed by atoms with Crippen LogP contribution in [-0.2, 0) is 14.6 Å². The highest BCUT2D eigenvalue weighted by atomic mass is 32.2. The number of hydrogen-bond donors (Lipinski definition) is 1. The standard InChI is InChI=1S/C15H21NO4S/c1-12(2)15(18)10-16(11-15)14(17)8-9-21(19,20)13-6-4-3-5-7-13/h3-7,12,18H,8-11H2,1-2H3. The molecule has 2 rings (SSSR count). The van der Waals surface area contributed by atoms with E-state index in [1.54, 1.807) is 18.2 Å². The lowest BCUT2D eigenvalue weighted by Crippen LogP contribution is -2.66. The zero-order valence-corrected chi connectivity index (χ0v) is 13.1. The van der Waals surface area contributed by atoms with Gasteiger partial charge in [-0.25, -0.2) is 8.42 Å². The van der Waals surface area contributed by atoms with Crippen LogP contribution >= 0.6 is 0 Å². The maximum atomic E-state index is 12.1. The molecule has 1 N–H and O–H groups in total. The minimum atomic E-state index is -3.43. The molecule has 0 saturated carbocycles. The molecule has 0 spiro atoms. The number of β-amino-alcohol motifs (C(OH)–C–C–N with tert-alkyl or cyclic N) is 1. The highest BCUT2D eigenvalue weighted by Gasteiger charge is 2.45. The van der Waals surface area contributed by atoms with Crippen molar-refractivity contribution < 1.29 is 18.3 Å². The summed E-state index contributed by atoms with van der Waals surface area (Å²) in [5.74, 6) is -0.346. The summed E-state index contributed by atoms with van der Waals surface area (Å²) in [6.07, 6.45) is -0.0502. The Morgan fingerprint density at radius 2 is 1.86 bits per heavy atom. The summed E-state index contributed by atoms with van der Waals surface area (Å²) in [5, 5.41) is 10.1. The van der Waals surface area contributed by atoms with E-state index in [0.29, 0.717) is 0 Å². The average molecular weight is 311 g/mol. The van der Waals surface area contributed by atoms with Gasteiger partial charge < -0.3 is 10.0 Å². The van der Waals surface area contributed by atoms with Crippen LogP contribution in [0.4, 0.5) is 0 Å². The van der Waals surface area contributed by atoms with Crippen molar-refractivity contribution in [1.29, 1.82) is 0 Å². The maximum absolute atomic E-state index is 12.1. The first-order chi connectivity index (χ1) is 9.74. The Morgan fingerprint density at radius 3 is 2.38 bits per heavy atom. The second-order valence-electron chi connectivity index (χ2n) is 5.89. The lowest BCUT2D eigenvalue weighted by Gasteiger charge is -2.49. The fraction of sp³-hybridized carbons (Fsp3) is 0.533. The molecule has 5 nitrogen and oxygen atoms in total. The first-order valence-corrected chi connectivity index (χ1v) is 8.68. The van der Waals surface area contributed by atoms with Crippen LogP contribution < -0.4 is 0 Å². The van der Waals surface area contributed by atoms with Crippen molar-refractivity contribution in [3.8, 4) is 0 Å². The van der Waals surface area contributed by atoms with Gasteiger partial charge in [-0.05, 0) is 18.1 Å². The van der Waals surface area contributed by atoms with Gasteiger partial charge in [-0.3, -0.25) is 4.79 Å². The smallest absolute Gasteiger partial charge is 0.223 e. The minimum Gasteiger partial charge on any atom is -0.386 e. The van der Waals surface area contributed by atoms with E-state index in [4.69, 9.17) is 0 Å². The molecule has 1 aromatic rings. The SMILES string of the molecule is CC(C)C1(O)CN(C(=O)CCS(=O)(=O)c2ccccc2)C1. The normalized spacial score (nSPS) is 17.6. The van der Waals surface area contributed by atoms with E-state index in [-0.39, 0.29) is 42.0 Å². The van der Waals surface area contributed by atoms with Crippen LogP contribution in [0.25, 0.3) is 0 Å². The van der Waals surface area contributed by atoms with Crippen molar-refractivity contribution in [2.45, 2.75) is 30.8 Å². The van der Waals surface area contributed by atoms with Crippen LogP contribution in [0.5, 0.6) is 0 Å². The predicted molar refractivity (Wildman–Crippen MR) is 79.5 cm³/mol. The summed E-state index contributed by atoms with van der Waals surface area (Å²) in [7, 11) is -3.43. The number of rotatable bonds is 5. The molecule has 0 radical (unpaired) electrons. The molecule has 0 aromatic heterocycles. The minimum absolute atomic E-state index is 0.0502. The first kappa shape index (κ1) is 16.0. The Labute approximate surface area is 125 Å². The van der Waals surface area contributed by atoms with Gasteiger partial charge in [-0.1, -0.05) is 32.0 Å². The van der Waals surface area contributed by atoms with E-state index in [0.717, 1.165) is 0 Å². The molecular formula is C15H21NO4S. The summed E-state index contributed by atoms with van der Waals surface area (Å²) in [4.78, 5) is 13.7. The van der Waals surface area contributed by atoms with Gasteiger partial charge in [0.05, 0.1) is 23.7 Å². The Kier molecular flexibility index (Phi) is 4.39. The predicted octanol–water partition coefficient (Wildman–Crippen LogP) is 1.08. The van der Waals surface area contributed by atoms with Crippen molar-refractivity contribution in [2.24, 2.45) is 5.92 Å². The van der Waals surface area contributed by atoms with Crippen LogP contribution in [0.3, 0.4) is 0 Å². The molecule has 1 fully saturated rings. The molecule has 116 valence electrons. The van der Waals surface area contributed by atoms with Crippen molar-refractivity contribution in [2.75, 3.05) is 18.8 Å². The quantitative estimate of drug-likeness (QED) is 0.883. The number of carbonyl (C=O) groups excluding carboxylic acids is 1. The molecular weight excluding hydrogens is 290 g/mol. The van der Waals surface area contributed by atoms with Crippen molar-refractivity contribution in [1.82, 2.24) is 4.90 Å². The molecule has 0 aliphatic carbocycles. The molecule has 1 aliphatic rings. The average Bonchev–Trinajstić information content (AvgIpc) is 2.42. The van der Waals surface area contributed by atoms with E-state index < -0.39 is 15.4 Å². The van der Waals surface area contributed by atoms with Gasteiger partial charge in [0.1, 0.15) is 5.60 Å². The molecule has 1 aliphatic heterocycles. The summed E-state index contributed by atoms with van der Waals surface area (Å²) >= 11 is 0. The lowest BCUT2D eigenvalue weighted by molar-refractivity contribution is -0.163. The fourth-order valence-corrected chi connectivity index (χ4v) is 3.53. The number of hydrogen-bond acceptors (Lipinski definition) is 4. The Morgan fingerprint density at radius 1 is 1.29 bits per heavy atom. The maximum Gasteiger partial charge on any atom is 0.223 e. The first-order valence-electron chi connectivity index (χ1n) is 7.02. The van der Waals surface area contributed by atoms with Crippen LogP contribution in [0.1, 0.15) is 20.3 Å². The number of benzene rings is 1. The van der Waals surface area contributed by atoms with Crippen molar-refractivity contribution >= 4 is 15.7 Å². The van der Waals surface area contributed by atoms with Gasteiger partial charge in [0, 0.05) is 6.42 Å². The fourth-order valence-electron chi connectivity index (χ4n) is 2.28.